The Balaban J connectivity index is -0.000000188. The fraction of sp³-hybridized carbons (Fsp3) is 0.905. The third-order valence-corrected chi connectivity index (χ3v) is 12.8. The zero-order chi connectivity index (χ0) is 58.0. The fourth-order valence-corrected chi connectivity index (χ4v) is 7.59. The summed E-state index contributed by atoms with van der Waals surface area (Å²) in [6.45, 7) is 27.6. The maximum absolute atomic E-state index is 10.7. The van der Waals surface area contributed by atoms with Crippen LogP contribution >= 0.6 is 0 Å². The van der Waals surface area contributed by atoms with E-state index in [2.05, 4.69) is 62.3 Å². The normalized spacial score (nSPS) is 13.0. The number of carbonyl (C=O) groups excluding carboxylic acids is 5. The molecular weight excluding hydrogens is 933 g/mol. The van der Waals surface area contributed by atoms with E-state index in [9.17, 15) is 49.2 Å². The van der Waals surface area contributed by atoms with E-state index in [1.807, 2.05) is 0 Å². The van der Waals surface area contributed by atoms with Crippen LogP contribution in [0, 0.1) is 17.8 Å². The fourth-order valence-electron chi connectivity index (χ4n) is 7.59. The van der Waals surface area contributed by atoms with Gasteiger partial charge < -0.3 is 35.1 Å². The van der Waals surface area contributed by atoms with Crippen molar-refractivity contribution in [3.8, 4) is 0 Å². The Hall–Kier alpha value is -2.34. The molecule has 0 radical (unpaired) electrons. The largest absolute Gasteiger partial charge is 0.481 e. The number of carboxylic acid groups (broad SMARTS) is 1. The number of carboxylic acids is 1. The van der Waals surface area contributed by atoms with Crippen LogP contribution in [-0.4, -0.2) is 84.8 Å². The Morgan fingerprint density at radius 2 is 0.581 bits per heavy atom. The molecule has 0 aliphatic rings. The van der Waals surface area contributed by atoms with Crippen LogP contribution in [0.15, 0.2) is 0 Å². The minimum absolute atomic E-state index is 0.0756. The van der Waals surface area contributed by atoms with Crippen LogP contribution in [0.1, 0.15) is 328 Å². The van der Waals surface area contributed by atoms with Crippen molar-refractivity contribution in [2.45, 2.75) is 352 Å². The summed E-state index contributed by atoms with van der Waals surface area (Å²) in [6.07, 6.45) is 34.7. The van der Waals surface area contributed by atoms with Gasteiger partial charge in [-0.1, -0.05) is 210 Å². The molecule has 0 heterocycles. The average molecular weight is 1060 g/mol. The van der Waals surface area contributed by atoms with Crippen LogP contribution < -0.4 is 0 Å². The summed E-state index contributed by atoms with van der Waals surface area (Å²) in [5.74, 6) is 2.13. The number of Topliss-reactive ketones (excluding diaryl/α,β-unsaturated/α-hetero) is 5. The highest BCUT2D eigenvalue weighted by Gasteiger charge is 2.11. The first kappa shape index (κ1) is 83.0. The summed E-state index contributed by atoms with van der Waals surface area (Å²) >= 11 is 0. The third kappa shape index (κ3) is 92.3. The minimum Gasteiger partial charge on any atom is -0.481 e. The molecule has 74 heavy (non-hydrogen) atoms. The molecule has 0 aromatic rings. The molecule has 0 rings (SSSR count). The second-order valence-electron chi connectivity index (χ2n) is 22.1. The summed E-state index contributed by atoms with van der Waals surface area (Å²) in [5.41, 5.74) is 0. The summed E-state index contributed by atoms with van der Waals surface area (Å²) in [4.78, 5) is 63.2. The first-order valence-electron chi connectivity index (χ1n) is 30.3. The number of hydrogen-bond donors (Lipinski definition) is 5. The van der Waals surface area contributed by atoms with Gasteiger partial charge >= 0.3 is 5.97 Å². The summed E-state index contributed by atoms with van der Waals surface area (Å²) in [7, 11) is 0. The number of rotatable bonds is 43. The summed E-state index contributed by atoms with van der Waals surface area (Å²) < 4.78 is 0. The highest BCUT2D eigenvalue weighted by atomic mass is 16.4. The van der Waals surface area contributed by atoms with Crippen molar-refractivity contribution in [1.29, 1.82) is 0 Å². The number of aliphatic hydroxyl groups excluding tert-OH is 4. The topological polar surface area (TPSA) is 204 Å². The van der Waals surface area contributed by atoms with Gasteiger partial charge in [0.1, 0.15) is 28.9 Å². The van der Waals surface area contributed by atoms with Crippen molar-refractivity contribution in [2.75, 3.05) is 0 Å². The van der Waals surface area contributed by atoms with E-state index < -0.39 is 30.4 Å². The first-order valence-corrected chi connectivity index (χ1v) is 30.3. The lowest BCUT2D eigenvalue weighted by molar-refractivity contribution is -0.139. The van der Waals surface area contributed by atoms with Gasteiger partial charge in [-0.2, -0.15) is 0 Å². The molecule has 0 saturated carbocycles. The monoisotopic (exact) mass is 1060 g/mol. The molecule has 0 aliphatic carbocycles. The number of aliphatic carboxylic acids is 1. The van der Waals surface area contributed by atoms with Gasteiger partial charge in [-0.05, 0) is 97.3 Å². The van der Waals surface area contributed by atoms with Gasteiger partial charge in [-0.25, -0.2) is 0 Å². The number of unbranched alkanes of at least 4 members (excludes halogenated alkanes) is 16. The zero-order valence-electron chi connectivity index (χ0n) is 51.2. The lowest BCUT2D eigenvalue weighted by Crippen LogP contribution is -2.12. The zero-order valence-corrected chi connectivity index (χ0v) is 51.2. The smallest absolute Gasteiger partial charge is 0.305 e. The minimum atomic E-state index is -0.920. The number of aliphatic hydroxyl groups is 4. The van der Waals surface area contributed by atoms with E-state index in [1.54, 1.807) is 13.8 Å². The van der Waals surface area contributed by atoms with Crippen molar-refractivity contribution < 1.29 is 54.3 Å². The quantitative estimate of drug-likeness (QED) is 0.0364. The Kier molecular flexibility index (Phi) is 72.8. The van der Waals surface area contributed by atoms with Gasteiger partial charge in [0.05, 0.1) is 30.8 Å². The highest BCUT2D eigenvalue weighted by Crippen LogP contribution is 2.16. The standard InChI is InChI=1S/C12H24O2.C11H22O2.C11H22O.C10H20O3.C10H20O2.C9H18O/c1-4-10(2)7-5-6-8-12(14)9-11(3)13;1-3-4-5-6-7-8-11(13)9-10(2)12;1-3-4-5-6-7-8-9-10-11(2)12;1-8(2)5-3-4-6-9(11)7-10(12)13;1-4-8(2)5-6-10(12)7-9(3)11;1-3-4-5-6-7-8-9(2)10/h10,12,14H,4-9H2,1-3H3;11,13H,3-9H2,1-2H3;3-10H2,1-2H3;8-9,11H,3-7H2,1-2H3,(H,12,13);8,10,12H,4-7H2,1-3H3;3-8H2,1-2H3. The maximum Gasteiger partial charge on any atom is 0.305 e. The molecule has 6 atom stereocenters. The molecular formula is C63H126O11. The Labute approximate surface area is 457 Å². The molecule has 5 N–H and O–H groups in total. The van der Waals surface area contributed by atoms with Gasteiger partial charge in [-0.15, -0.1) is 0 Å². The van der Waals surface area contributed by atoms with Gasteiger partial charge in [-0.3, -0.25) is 19.2 Å². The molecule has 11 heteroatoms. The number of ketones is 5. The number of carbonyl (C=O) groups is 6. The Bertz CT molecular complexity index is 1240. The molecule has 6 unspecified atom stereocenters. The number of hydrogen-bond acceptors (Lipinski definition) is 10. The predicted octanol–water partition coefficient (Wildman–Crippen LogP) is 16.5. The molecule has 444 valence electrons. The van der Waals surface area contributed by atoms with E-state index in [4.69, 9.17) is 5.11 Å². The Morgan fingerprint density at radius 1 is 0.311 bits per heavy atom. The van der Waals surface area contributed by atoms with Crippen LogP contribution in [0.5, 0.6) is 0 Å². The van der Waals surface area contributed by atoms with Crippen molar-refractivity contribution in [1.82, 2.24) is 0 Å². The molecule has 0 spiro atoms. The predicted molar refractivity (Wildman–Crippen MR) is 313 cm³/mol. The van der Waals surface area contributed by atoms with Gasteiger partial charge in [0.15, 0.2) is 0 Å². The average Bonchev–Trinajstić information content (AvgIpc) is 3.30. The highest BCUT2D eigenvalue weighted by molar-refractivity contribution is 5.77. The molecule has 0 bridgehead atoms. The first-order chi connectivity index (χ1) is 34.8. The van der Waals surface area contributed by atoms with Crippen LogP contribution in [-0.2, 0) is 28.8 Å². The molecule has 0 fully saturated rings. The Morgan fingerprint density at radius 3 is 0.892 bits per heavy atom. The maximum atomic E-state index is 10.7. The molecule has 0 amide bonds. The van der Waals surface area contributed by atoms with E-state index in [0.29, 0.717) is 49.1 Å². The van der Waals surface area contributed by atoms with E-state index >= 15 is 0 Å². The third-order valence-electron chi connectivity index (χ3n) is 12.8. The van der Waals surface area contributed by atoms with Gasteiger partial charge in [0.2, 0.25) is 0 Å². The van der Waals surface area contributed by atoms with Crippen LogP contribution in [0.2, 0.25) is 0 Å². The second kappa shape index (κ2) is 64.9. The SMILES string of the molecule is CC(C)CCCCC(O)CC(=O)O.CCC(C)CCC(O)CC(C)=O.CCC(C)CCCCC(O)CC(C)=O.CCCCCCCC(C)=O.CCCCCCCC(O)CC(C)=O.CCCCCCCCCC(C)=O. The molecule has 0 aliphatic heterocycles. The van der Waals surface area contributed by atoms with E-state index in [0.717, 1.165) is 95.8 Å². The molecule has 11 nitrogen and oxygen atoms in total. The lowest BCUT2D eigenvalue weighted by atomic mass is 9.99. The summed E-state index contributed by atoms with van der Waals surface area (Å²) in [6, 6.07) is 0. The molecule has 0 aromatic heterocycles. The van der Waals surface area contributed by atoms with Crippen LogP contribution in [0.4, 0.5) is 0 Å². The lowest BCUT2D eigenvalue weighted by Gasteiger charge is -2.11. The van der Waals surface area contributed by atoms with Gasteiger partial charge in [0, 0.05) is 32.1 Å². The van der Waals surface area contributed by atoms with Gasteiger partial charge in [0.25, 0.3) is 0 Å². The van der Waals surface area contributed by atoms with Crippen molar-refractivity contribution >= 4 is 34.9 Å². The van der Waals surface area contributed by atoms with E-state index in [-0.39, 0.29) is 23.8 Å². The van der Waals surface area contributed by atoms with Crippen LogP contribution in [0.25, 0.3) is 0 Å². The van der Waals surface area contributed by atoms with Crippen molar-refractivity contribution in [3.63, 3.8) is 0 Å². The molecule has 0 saturated heterocycles. The van der Waals surface area contributed by atoms with Crippen molar-refractivity contribution in [2.24, 2.45) is 17.8 Å². The second-order valence-corrected chi connectivity index (χ2v) is 22.1. The van der Waals surface area contributed by atoms with E-state index in [1.165, 1.54) is 130 Å². The molecule has 0 aromatic carbocycles. The summed E-state index contributed by atoms with van der Waals surface area (Å²) in [5, 5.41) is 45.7. The van der Waals surface area contributed by atoms with Crippen LogP contribution in [0.3, 0.4) is 0 Å². The van der Waals surface area contributed by atoms with Crippen molar-refractivity contribution in [3.05, 3.63) is 0 Å².